The predicted octanol–water partition coefficient (Wildman–Crippen LogP) is -0.506. The number of hydrogen-bond acceptors (Lipinski definition) is 5. The number of quaternary nitrogens is 1. The third-order valence-electron chi connectivity index (χ3n) is 3.97. The number of hydrogen-bond donors (Lipinski definition) is 3. The lowest BCUT2D eigenvalue weighted by Crippen LogP contribution is -3.12. The van der Waals surface area contributed by atoms with Gasteiger partial charge in [-0.25, -0.2) is 9.59 Å². The van der Waals surface area contributed by atoms with E-state index in [1.807, 2.05) is 19.1 Å². The Morgan fingerprint density at radius 1 is 1.15 bits per heavy atom. The fraction of sp³-hybridized carbons (Fsp3) is 0.500. The van der Waals surface area contributed by atoms with E-state index >= 15 is 0 Å². The fourth-order valence-corrected chi connectivity index (χ4v) is 2.54. The number of carbonyl (C=O) groups excluding carboxylic acids is 3. The lowest BCUT2D eigenvalue weighted by Gasteiger charge is -2.23. The smallest absolute Gasteiger partial charge is 0.338 e. The van der Waals surface area contributed by atoms with Gasteiger partial charge in [-0.2, -0.15) is 0 Å². The molecule has 26 heavy (non-hydrogen) atoms. The second-order valence-corrected chi connectivity index (χ2v) is 6.12. The molecule has 0 unspecified atom stereocenters. The molecule has 0 radical (unpaired) electrons. The molecule has 0 saturated carbocycles. The number of morpholine rings is 1. The summed E-state index contributed by atoms with van der Waals surface area (Å²) in [5.74, 6) is -1.26. The van der Waals surface area contributed by atoms with Crippen molar-refractivity contribution < 1.29 is 28.8 Å². The Bertz CT molecular complexity index is 612. The molecule has 0 bridgehead atoms. The maximum Gasteiger partial charge on any atom is 0.338 e. The summed E-state index contributed by atoms with van der Waals surface area (Å²) in [5.41, 5.74) is 1.50. The summed E-state index contributed by atoms with van der Waals surface area (Å²) >= 11 is 0. The van der Waals surface area contributed by atoms with Gasteiger partial charge >= 0.3 is 12.0 Å². The van der Waals surface area contributed by atoms with Crippen molar-refractivity contribution in [2.24, 2.45) is 0 Å². The molecule has 1 aromatic rings. The van der Waals surface area contributed by atoms with Crippen LogP contribution in [0.2, 0.25) is 0 Å². The molecule has 3 N–H and O–H groups in total. The van der Waals surface area contributed by atoms with Gasteiger partial charge in [0.15, 0.2) is 6.61 Å². The van der Waals surface area contributed by atoms with Gasteiger partial charge in [-0.1, -0.05) is 19.1 Å². The minimum atomic E-state index is -0.667. The van der Waals surface area contributed by atoms with Gasteiger partial charge in [-0.3, -0.25) is 10.1 Å². The van der Waals surface area contributed by atoms with Gasteiger partial charge in [0.25, 0.3) is 5.91 Å². The van der Waals surface area contributed by atoms with Crippen LogP contribution in [0.15, 0.2) is 24.3 Å². The third kappa shape index (κ3) is 6.81. The van der Waals surface area contributed by atoms with Crippen LogP contribution in [-0.2, 0) is 20.8 Å². The molecule has 0 atom stereocenters. The first-order chi connectivity index (χ1) is 12.6. The average Bonchev–Trinajstić information content (AvgIpc) is 2.66. The first-order valence-electron chi connectivity index (χ1n) is 8.83. The zero-order valence-electron chi connectivity index (χ0n) is 15.0. The van der Waals surface area contributed by atoms with Crippen LogP contribution in [0.5, 0.6) is 0 Å². The number of urea groups is 1. The Hall–Kier alpha value is -2.45. The molecule has 1 aliphatic rings. The van der Waals surface area contributed by atoms with E-state index in [0.717, 1.165) is 44.8 Å². The Morgan fingerprint density at radius 2 is 1.85 bits per heavy atom. The van der Waals surface area contributed by atoms with E-state index < -0.39 is 24.5 Å². The maximum absolute atomic E-state index is 12.0. The summed E-state index contributed by atoms with van der Waals surface area (Å²) in [5, 5.41) is 4.60. The van der Waals surface area contributed by atoms with Gasteiger partial charge in [-0.15, -0.1) is 0 Å². The zero-order valence-corrected chi connectivity index (χ0v) is 15.0. The van der Waals surface area contributed by atoms with E-state index in [4.69, 9.17) is 9.47 Å². The maximum atomic E-state index is 12.0. The van der Waals surface area contributed by atoms with Crippen LogP contribution in [-0.4, -0.2) is 57.4 Å². The summed E-state index contributed by atoms with van der Waals surface area (Å²) in [6.07, 6.45) is 0.764. The summed E-state index contributed by atoms with van der Waals surface area (Å²) in [6, 6.07) is 6.55. The van der Waals surface area contributed by atoms with Crippen LogP contribution in [0.4, 0.5) is 4.79 Å². The SMILES string of the molecule is CCCNC(=O)NC(=O)COC(=O)c1ccc(C[NH+]2CCOCC2)cc1. The Morgan fingerprint density at radius 3 is 2.50 bits per heavy atom. The molecule has 0 aliphatic carbocycles. The molecule has 142 valence electrons. The second-order valence-electron chi connectivity index (χ2n) is 6.12. The molecule has 2 rings (SSSR count). The van der Waals surface area contributed by atoms with Crippen molar-refractivity contribution in [2.45, 2.75) is 19.9 Å². The molecule has 3 amide bonds. The van der Waals surface area contributed by atoms with Crippen LogP contribution in [0, 0.1) is 0 Å². The summed E-state index contributed by atoms with van der Waals surface area (Å²) in [4.78, 5) is 36.3. The van der Waals surface area contributed by atoms with E-state index in [-0.39, 0.29) is 0 Å². The van der Waals surface area contributed by atoms with E-state index in [2.05, 4.69) is 10.6 Å². The van der Waals surface area contributed by atoms with E-state index in [0.29, 0.717) is 12.1 Å². The zero-order chi connectivity index (χ0) is 18.8. The number of amides is 3. The largest absolute Gasteiger partial charge is 0.452 e. The minimum Gasteiger partial charge on any atom is -0.452 e. The second kappa shape index (κ2) is 10.5. The van der Waals surface area contributed by atoms with E-state index in [1.54, 1.807) is 12.1 Å². The highest BCUT2D eigenvalue weighted by Gasteiger charge is 2.15. The lowest BCUT2D eigenvalue weighted by atomic mass is 10.1. The van der Waals surface area contributed by atoms with Gasteiger partial charge in [-0.05, 0) is 18.6 Å². The highest BCUT2D eigenvalue weighted by atomic mass is 16.5. The van der Waals surface area contributed by atoms with Crippen molar-refractivity contribution >= 4 is 17.9 Å². The molecule has 1 fully saturated rings. The highest BCUT2D eigenvalue weighted by molar-refractivity contribution is 5.96. The van der Waals surface area contributed by atoms with E-state index in [1.165, 1.54) is 4.90 Å². The lowest BCUT2D eigenvalue weighted by molar-refractivity contribution is -0.921. The number of carbonyl (C=O) groups is 3. The van der Waals surface area contributed by atoms with Crippen LogP contribution in [0.3, 0.4) is 0 Å². The number of benzene rings is 1. The van der Waals surface area contributed by atoms with Crippen LogP contribution in [0.25, 0.3) is 0 Å². The quantitative estimate of drug-likeness (QED) is 0.567. The Labute approximate surface area is 152 Å². The first kappa shape index (κ1) is 19.9. The van der Waals surface area contributed by atoms with Crippen molar-refractivity contribution in [1.29, 1.82) is 0 Å². The molecule has 8 nitrogen and oxygen atoms in total. The average molecular weight is 364 g/mol. The topological polar surface area (TPSA) is 98.2 Å². The monoisotopic (exact) mass is 364 g/mol. The molecule has 8 heteroatoms. The van der Waals surface area contributed by atoms with Crippen LogP contribution in [0.1, 0.15) is 29.3 Å². The van der Waals surface area contributed by atoms with Crippen molar-refractivity contribution in [2.75, 3.05) is 39.5 Å². The van der Waals surface area contributed by atoms with E-state index in [9.17, 15) is 14.4 Å². The molecular weight excluding hydrogens is 338 g/mol. The number of esters is 1. The molecule has 1 heterocycles. The standard InChI is InChI=1S/C18H25N3O5/c1-2-7-19-18(24)20-16(22)13-26-17(23)15-5-3-14(4-6-15)12-21-8-10-25-11-9-21/h3-6H,2,7-13H2,1H3,(H2,19,20,22,24)/p+1. The highest BCUT2D eigenvalue weighted by Crippen LogP contribution is 2.05. The van der Waals surface area contributed by atoms with Crippen LogP contribution >= 0.6 is 0 Å². The fourth-order valence-electron chi connectivity index (χ4n) is 2.54. The van der Waals surface area contributed by atoms with Gasteiger partial charge in [0.2, 0.25) is 0 Å². The van der Waals surface area contributed by atoms with Gasteiger partial charge in [0.1, 0.15) is 19.6 Å². The molecule has 1 saturated heterocycles. The third-order valence-corrected chi connectivity index (χ3v) is 3.97. The van der Waals surface area contributed by atoms with Gasteiger partial charge < -0.3 is 19.7 Å². The minimum absolute atomic E-state index is 0.369. The molecular formula is C18H26N3O5+. The Kier molecular flexibility index (Phi) is 8.04. The van der Waals surface area contributed by atoms with Crippen molar-refractivity contribution in [1.82, 2.24) is 10.6 Å². The number of imide groups is 1. The number of ether oxygens (including phenoxy) is 2. The van der Waals surface area contributed by atoms with Gasteiger partial charge in [0, 0.05) is 12.1 Å². The molecule has 1 aromatic carbocycles. The van der Waals surface area contributed by atoms with Gasteiger partial charge in [0.05, 0.1) is 18.8 Å². The predicted molar refractivity (Wildman–Crippen MR) is 93.8 cm³/mol. The summed E-state index contributed by atoms with van der Waals surface area (Å²) < 4.78 is 10.3. The summed E-state index contributed by atoms with van der Waals surface area (Å²) in [7, 11) is 0. The van der Waals surface area contributed by atoms with Crippen molar-refractivity contribution in [3.05, 3.63) is 35.4 Å². The number of rotatable bonds is 7. The van der Waals surface area contributed by atoms with Crippen molar-refractivity contribution in [3.8, 4) is 0 Å². The molecule has 1 aliphatic heterocycles. The molecule has 0 aromatic heterocycles. The normalized spacial score (nSPS) is 14.5. The van der Waals surface area contributed by atoms with Crippen molar-refractivity contribution in [3.63, 3.8) is 0 Å². The van der Waals surface area contributed by atoms with Crippen LogP contribution < -0.4 is 15.5 Å². The first-order valence-corrected chi connectivity index (χ1v) is 8.83. The number of nitrogens with one attached hydrogen (secondary N) is 3. The Balaban J connectivity index is 1.74. The summed E-state index contributed by atoms with van der Waals surface area (Å²) in [6.45, 7) is 6.26. The molecule has 0 spiro atoms.